The molecule has 3 aromatic rings. The number of carbonyl (C=O) groups is 1. The molecule has 36 heavy (non-hydrogen) atoms. The number of benzene rings is 1. The number of ether oxygens (including phenoxy) is 1. The minimum absolute atomic E-state index is 0.0841. The van der Waals surface area contributed by atoms with E-state index in [4.69, 9.17) is 4.74 Å². The molecule has 4 heterocycles. The molecule has 7 nitrogen and oxygen atoms in total. The average molecular weight is 495 g/mol. The number of hydrogen-bond donors (Lipinski definition) is 2. The number of aryl methyl sites for hydroxylation is 1. The molecule has 9 heteroatoms. The van der Waals surface area contributed by atoms with Crippen LogP contribution in [0.25, 0.3) is 11.1 Å². The molecule has 1 saturated heterocycles. The third-order valence-electron chi connectivity index (χ3n) is 6.83. The van der Waals surface area contributed by atoms with Crippen molar-refractivity contribution in [2.45, 2.75) is 44.8 Å². The Morgan fingerprint density at radius 2 is 2.03 bits per heavy atom. The highest BCUT2D eigenvalue weighted by Crippen LogP contribution is 2.41. The lowest BCUT2D eigenvalue weighted by molar-refractivity contribution is 0.0127. The van der Waals surface area contributed by atoms with Crippen LogP contribution in [-0.4, -0.2) is 46.8 Å². The summed E-state index contributed by atoms with van der Waals surface area (Å²) in [4.78, 5) is 23.2. The zero-order valence-corrected chi connectivity index (χ0v) is 20.2. The number of hydrogen-bond acceptors (Lipinski definition) is 6. The van der Waals surface area contributed by atoms with Crippen molar-refractivity contribution in [3.63, 3.8) is 0 Å². The predicted molar refractivity (Wildman–Crippen MR) is 132 cm³/mol. The van der Waals surface area contributed by atoms with Crippen molar-refractivity contribution in [1.29, 1.82) is 0 Å². The summed E-state index contributed by atoms with van der Waals surface area (Å²) in [5, 5.41) is 13.5. The summed E-state index contributed by atoms with van der Waals surface area (Å²) >= 11 is 0. The van der Waals surface area contributed by atoms with Gasteiger partial charge in [0.1, 0.15) is 5.69 Å². The van der Waals surface area contributed by atoms with Crippen molar-refractivity contribution < 1.29 is 23.4 Å². The number of anilines is 2. The number of fused-ring (bicyclic) bond motifs is 3. The van der Waals surface area contributed by atoms with Gasteiger partial charge in [-0.25, -0.2) is 0 Å². The quantitative estimate of drug-likeness (QED) is 0.539. The number of alkyl halides is 2. The molecule has 1 amide bonds. The summed E-state index contributed by atoms with van der Waals surface area (Å²) < 4.78 is 33.0. The fourth-order valence-electron chi connectivity index (χ4n) is 4.92. The SMILES string of the molecule is Cc1ncc(NC(=O)c2ccnc(C(C)(F)F)c2)cc1-c1ccc2c(c1)N1CCOCC[C@H]1C[C@@H]2O. The van der Waals surface area contributed by atoms with E-state index < -0.39 is 23.6 Å². The molecule has 0 bridgehead atoms. The summed E-state index contributed by atoms with van der Waals surface area (Å²) in [6, 6.07) is 10.5. The summed E-state index contributed by atoms with van der Waals surface area (Å²) in [5.74, 6) is -3.67. The molecule has 0 saturated carbocycles. The van der Waals surface area contributed by atoms with E-state index in [0.29, 0.717) is 25.3 Å². The first-order valence-corrected chi connectivity index (χ1v) is 12.0. The Hall–Kier alpha value is -3.43. The third kappa shape index (κ3) is 4.81. The smallest absolute Gasteiger partial charge is 0.286 e. The maximum absolute atomic E-state index is 13.7. The molecule has 1 fully saturated rings. The largest absolute Gasteiger partial charge is 0.388 e. The second-order valence-electron chi connectivity index (χ2n) is 9.40. The molecule has 5 rings (SSSR count). The third-order valence-corrected chi connectivity index (χ3v) is 6.83. The maximum Gasteiger partial charge on any atom is 0.286 e. The van der Waals surface area contributed by atoms with Gasteiger partial charge in [-0.2, -0.15) is 8.78 Å². The molecule has 0 radical (unpaired) electrons. The van der Waals surface area contributed by atoms with Crippen LogP contribution in [0.3, 0.4) is 0 Å². The second kappa shape index (κ2) is 9.55. The van der Waals surface area contributed by atoms with Gasteiger partial charge in [-0.15, -0.1) is 0 Å². The van der Waals surface area contributed by atoms with Gasteiger partial charge in [-0.05, 0) is 49.6 Å². The summed E-state index contributed by atoms with van der Waals surface area (Å²) in [5.41, 5.74) is 4.46. The van der Waals surface area contributed by atoms with Crippen molar-refractivity contribution in [3.8, 4) is 11.1 Å². The molecule has 2 atom stereocenters. The monoisotopic (exact) mass is 494 g/mol. The molecule has 0 spiro atoms. The van der Waals surface area contributed by atoms with E-state index >= 15 is 0 Å². The van der Waals surface area contributed by atoms with Crippen LogP contribution < -0.4 is 10.2 Å². The Balaban J connectivity index is 1.44. The van der Waals surface area contributed by atoms with Crippen LogP contribution in [-0.2, 0) is 10.7 Å². The highest BCUT2D eigenvalue weighted by Gasteiger charge is 2.33. The number of rotatable bonds is 4. The Bertz CT molecular complexity index is 1290. The summed E-state index contributed by atoms with van der Waals surface area (Å²) in [7, 11) is 0. The van der Waals surface area contributed by atoms with E-state index in [9.17, 15) is 18.7 Å². The number of halogens is 2. The van der Waals surface area contributed by atoms with E-state index in [1.807, 2.05) is 25.1 Å². The van der Waals surface area contributed by atoms with Crippen LogP contribution in [0.5, 0.6) is 0 Å². The number of aliphatic hydroxyl groups excluding tert-OH is 1. The van der Waals surface area contributed by atoms with Gasteiger partial charge in [0.15, 0.2) is 0 Å². The minimum Gasteiger partial charge on any atom is -0.388 e. The van der Waals surface area contributed by atoms with Gasteiger partial charge < -0.3 is 20.1 Å². The predicted octanol–water partition coefficient (Wildman–Crippen LogP) is 4.85. The fraction of sp³-hybridized carbons (Fsp3) is 0.370. The maximum atomic E-state index is 13.7. The van der Waals surface area contributed by atoms with E-state index in [0.717, 1.165) is 54.0 Å². The van der Waals surface area contributed by atoms with Gasteiger partial charge in [-0.1, -0.05) is 12.1 Å². The topological polar surface area (TPSA) is 87.6 Å². The van der Waals surface area contributed by atoms with Crippen LogP contribution in [0.2, 0.25) is 0 Å². The van der Waals surface area contributed by atoms with Crippen molar-refractivity contribution in [1.82, 2.24) is 9.97 Å². The number of amides is 1. The standard InChI is InChI=1S/C27H28F2N4O3/c1-16-22(13-19(15-31-16)32-26(35)18-5-7-30-25(12-18)27(2,28)29)17-3-4-21-23(11-17)33-8-10-36-9-6-20(33)14-24(21)34/h3-5,7,11-13,15,20,24,34H,6,8-10,14H2,1-2H3,(H,32,35)/t20-,24-/m0/s1. The van der Waals surface area contributed by atoms with E-state index in [1.165, 1.54) is 18.5 Å². The van der Waals surface area contributed by atoms with Crippen LogP contribution in [0.4, 0.5) is 20.2 Å². The first kappa shape index (κ1) is 24.3. The van der Waals surface area contributed by atoms with Crippen molar-refractivity contribution in [3.05, 3.63) is 71.3 Å². The number of aromatic nitrogens is 2. The Labute approximate surface area is 208 Å². The molecule has 188 valence electrons. The number of aliphatic hydroxyl groups is 1. The normalized spacial score (nSPS) is 19.8. The van der Waals surface area contributed by atoms with Gasteiger partial charge in [0.25, 0.3) is 11.8 Å². The Kier molecular flexibility index (Phi) is 6.44. The first-order chi connectivity index (χ1) is 17.2. The average Bonchev–Trinajstić information content (AvgIpc) is 3.10. The number of nitrogens with one attached hydrogen (secondary N) is 1. The lowest BCUT2D eigenvalue weighted by Crippen LogP contribution is -2.41. The molecular formula is C27H28F2N4O3. The van der Waals surface area contributed by atoms with Crippen molar-refractivity contribution in [2.24, 2.45) is 0 Å². The second-order valence-corrected chi connectivity index (χ2v) is 9.40. The molecule has 1 aromatic carbocycles. The van der Waals surface area contributed by atoms with E-state index in [-0.39, 0.29) is 11.6 Å². The lowest BCUT2D eigenvalue weighted by Gasteiger charge is -2.39. The van der Waals surface area contributed by atoms with Gasteiger partial charge in [0.2, 0.25) is 0 Å². The molecule has 0 unspecified atom stereocenters. The Morgan fingerprint density at radius 1 is 1.19 bits per heavy atom. The van der Waals surface area contributed by atoms with Crippen molar-refractivity contribution in [2.75, 3.05) is 30.0 Å². The zero-order chi connectivity index (χ0) is 25.4. The van der Waals surface area contributed by atoms with Gasteiger partial charge in [-0.3, -0.25) is 14.8 Å². The number of nitrogens with zero attached hydrogens (tertiary/aromatic N) is 3. The van der Waals surface area contributed by atoms with Crippen LogP contribution in [0.1, 0.15) is 53.2 Å². The van der Waals surface area contributed by atoms with Crippen LogP contribution >= 0.6 is 0 Å². The molecule has 0 aliphatic carbocycles. The molecule has 2 aromatic heterocycles. The lowest BCUT2D eigenvalue weighted by atomic mass is 9.89. The van der Waals surface area contributed by atoms with E-state index in [2.05, 4.69) is 26.3 Å². The van der Waals surface area contributed by atoms with Crippen LogP contribution in [0, 0.1) is 6.92 Å². The van der Waals surface area contributed by atoms with Gasteiger partial charge >= 0.3 is 0 Å². The molecule has 2 N–H and O–H groups in total. The number of carbonyl (C=O) groups excluding carboxylic acids is 1. The summed E-state index contributed by atoms with van der Waals surface area (Å²) in [6.07, 6.45) is 3.75. The van der Waals surface area contributed by atoms with Crippen LogP contribution in [0.15, 0.2) is 48.8 Å². The molecule has 2 aliphatic heterocycles. The number of pyridine rings is 2. The first-order valence-electron chi connectivity index (χ1n) is 12.0. The highest BCUT2D eigenvalue weighted by atomic mass is 19.3. The molecular weight excluding hydrogens is 466 g/mol. The van der Waals surface area contributed by atoms with E-state index in [1.54, 1.807) is 0 Å². The van der Waals surface area contributed by atoms with Crippen molar-refractivity contribution >= 4 is 17.3 Å². The Morgan fingerprint density at radius 3 is 2.83 bits per heavy atom. The molecule has 2 aliphatic rings. The van der Waals surface area contributed by atoms with Gasteiger partial charge in [0.05, 0.1) is 24.6 Å². The van der Waals surface area contributed by atoms with Gasteiger partial charge in [0, 0.05) is 60.4 Å². The highest BCUT2D eigenvalue weighted by molar-refractivity contribution is 6.04. The minimum atomic E-state index is -3.15. The fourth-order valence-corrected chi connectivity index (χ4v) is 4.92. The zero-order valence-electron chi connectivity index (χ0n) is 20.2. The summed E-state index contributed by atoms with van der Waals surface area (Å²) in [6.45, 7) is 4.70.